The standard InChI is InChI=1S/C23H33N3O11.C22H32N3O9.CH4.Gd/c1-2-37-18-5-3-16(4-6-18)9-17(26(14-22(33)34)15-23(35)36)10-24(11-19(27)28)7-8-25(12-20(29)30)13-21(31)32;1-16-2-4-17(5-3-16)10-18(25(8-9-26)15-22(33)34)11-23(12-19(27)28)6-7-24(13-20(29)30)14-21(31)32;;/h3-6,17H,2,7-15H2,1H3,(H,27,28)(H,29,30)(H,31,32)(H,33,34)(H,35,36);2-5,18H,6-15H2,1H3,(H,27,28)(H,29,30)(H,31,32)(H,33,34);1H4;/q;-1;;+3/p-2/t17-;18-;;/m00../s1. The number of hydrogen-bond donors (Lipinski definition) is 7. The van der Waals surface area contributed by atoms with Gasteiger partial charge in [-0.3, -0.25) is 63.0 Å². The summed E-state index contributed by atoms with van der Waals surface area (Å²) in [6.07, 6.45) is 0.506. The molecule has 0 heterocycles. The molecule has 0 aliphatic carbocycles. The number of aliphatic carboxylic acids is 9. The maximum atomic E-state index is 11.5. The van der Waals surface area contributed by atoms with Crippen LogP contribution in [0.25, 0.3) is 0 Å². The zero-order valence-corrected chi connectivity index (χ0v) is 42.2. The van der Waals surface area contributed by atoms with Gasteiger partial charge in [-0.2, -0.15) is 0 Å². The molecule has 73 heavy (non-hydrogen) atoms. The predicted molar refractivity (Wildman–Crippen MR) is 248 cm³/mol. The molecule has 1 radical (unpaired) electrons. The molecule has 26 nitrogen and oxygen atoms in total. The van der Waals surface area contributed by atoms with Crippen molar-refractivity contribution in [3.05, 3.63) is 65.2 Å². The summed E-state index contributed by atoms with van der Waals surface area (Å²) in [5.74, 6) is -10.9. The van der Waals surface area contributed by atoms with Crippen LogP contribution < -0.4 is 20.1 Å². The molecule has 0 saturated carbocycles. The third-order valence-electron chi connectivity index (χ3n) is 10.3. The van der Waals surface area contributed by atoms with Crippen LogP contribution in [-0.2, 0) is 56.0 Å². The minimum absolute atomic E-state index is 0. The number of hydrogen-bond acceptors (Lipinski definition) is 19. The van der Waals surface area contributed by atoms with Gasteiger partial charge in [0.05, 0.1) is 64.4 Å². The summed E-state index contributed by atoms with van der Waals surface area (Å²) >= 11 is 0. The van der Waals surface area contributed by atoms with Gasteiger partial charge in [-0.1, -0.05) is 49.4 Å². The zero-order chi connectivity index (χ0) is 53.6. The minimum Gasteiger partial charge on any atom is -0.854 e. The molecule has 0 saturated heterocycles. The molecule has 2 aromatic carbocycles. The van der Waals surface area contributed by atoms with E-state index in [2.05, 4.69) is 0 Å². The second-order valence-electron chi connectivity index (χ2n) is 16.2. The van der Waals surface area contributed by atoms with Crippen molar-refractivity contribution in [3.8, 4) is 5.75 Å². The van der Waals surface area contributed by atoms with Crippen molar-refractivity contribution in [3.63, 3.8) is 0 Å². The Morgan fingerprint density at radius 2 is 0.795 bits per heavy atom. The zero-order valence-electron chi connectivity index (χ0n) is 39.9. The molecule has 2 atom stereocenters. The van der Waals surface area contributed by atoms with Crippen LogP contribution in [0.15, 0.2) is 48.5 Å². The second-order valence-corrected chi connectivity index (χ2v) is 16.2. The van der Waals surface area contributed by atoms with E-state index in [1.165, 1.54) is 19.6 Å². The molecule has 0 aromatic heterocycles. The topological polar surface area (TPSA) is 393 Å². The quantitative estimate of drug-likeness (QED) is 0.0335. The van der Waals surface area contributed by atoms with E-state index in [9.17, 15) is 78.9 Å². The number of nitrogens with zero attached hydrogens (tertiary/aromatic N) is 6. The number of rotatable bonds is 38. The Labute approximate surface area is 454 Å². The van der Waals surface area contributed by atoms with Crippen LogP contribution in [-0.4, -0.2) is 249 Å². The van der Waals surface area contributed by atoms with E-state index >= 15 is 0 Å². The fraction of sp³-hybridized carbons (Fsp3) is 0.543. The molecular formula is C46H67GdN6O20. The third kappa shape index (κ3) is 33.8. The first kappa shape index (κ1) is 69.6. The van der Waals surface area contributed by atoms with Crippen LogP contribution in [0.4, 0.5) is 0 Å². The first-order chi connectivity index (χ1) is 33.4. The molecule has 2 rings (SSSR count). The predicted octanol–water partition coefficient (Wildman–Crippen LogP) is -4.20. The maximum absolute atomic E-state index is 11.5. The van der Waals surface area contributed by atoms with Crippen molar-refractivity contribution in [2.75, 3.05) is 118 Å². The van der Waals surface area contributed by atoms with Crippen molar-refractivity contribution in [1.29, 1.82) is 0 Å². The van der Waals surface area contributed by atoms with Gasteiger partial charge in [-0.25, -0.2) is 0 Å². The smallest absolute Gasteiger partial charge is 0.854 e. The van der Waals surface area contributed by atoms with Gasteiger partial charge in [0.2, 0.25) is 0 Å². The van der Waals surface area contributed by atoms with Gasteiger partial charge in [0.15, 0.2) is 0 Å². The van der Waals surface area contributed by atoms with E-state index in [4.69, 9.17) is 20.1 Å². The largest absolute Gasteiger partial charge is 3.00 e. The van der Waals surface area contributed by atoms with Crippen LogP contribution in [0, 0.1) is 46.9 Å². The number of aryl methyl sites for hydroxylation is 1. The van der Waals surface area contributed by atoms with Crippen molar-refractivity contribution >= 4 is 53.7 Å². The van der Waals surface area contributed by atoms with Crippen LogP contribution in [0.5, 0.6) is 5.75 Å². The third-order valence-corrected chi connectivity index (χ3v) is 10.3. The van der Waals surface area contributed by atoms with E-state index in [-0.39, 0.29) is 99.6 Å². The summed E-state index contributed by atoms with van der Waals surface area (Å²) in [4.78, 5) is 109. The molecule has 0 bridgehead atoms. The minimum atomic E-state index is -1.48. The number of carbonyl (C=O) groups is 9. The van der Waals surface area contributed by atoms with E-state index in [0.717, 1.165) is 26.5 Å². The summed E-state index contributed by atoms with van der Waals surface area (Å²) in [5, 5.41) is 98.1. The van der Waals surface area contributed by atoms with Gasteiger partial charge in [0.25, 0.3) is 0 Å². The Morgan fingerprint density at radius 1 is 0.479 bits per heavy atom. The normalized spacial score (nSPS) is 11.8. The number of benzene rings is 2. The van der Waals surface area contributed by atoms with Gasteiger partial charge < -0.3 is 65.4 Å². The number of carboxylic acids is 9. The van der Waals surface area contributed by atoms with Crippen LogP contribution in [0.2, 0.25) is 0 Å². The number of carboxylic acid groups (broad SMARTS) is 9. The molecule has 0 fully saturated rings. The number of carbonyl (C=O) groups excluding carboxylic acids is 2. The van der Waals surface area contributed by atoms with Gasteiger partial charge in [-0.05, 0) is 56.5 Å². The summed E-state index contributed by atoms with van der Waals surface area (Å²) in [7, 11) is 0. The number of ether oxygens (including phenoxy) is 1. The van der Waals surface area contributed by atoms with Crippen LogP contribution >= 0.6 is 0 Å². The van der Waals surface area contributed by atoms with Crippen molar-refractivity contribution in [2.24, 2.45) is 0 Å². The van der Waals surface area contributed by atoms with Gasteiger partial charge in [0.1, 0.15) is 5.75 Å². The average Bonchev–Trinajstić information content (AvgIpc) is 3.23. The Kier molecular flexibility index (Phi) is 36.4. The average molecular weight is 1180 g/mol. The van der Waals surface area contributed by atoms with E-state index < -0.39 is 131 Å². The molecule has 7 N–H and O–H groups in total. The Balaban J connectivity index is 0. The molecule has 0 unspecified atom stereocenters. The van der Waals surface area contributed by atoms with E-state index in [1.807, 2.05) is 38.1 Å². The Hall–Kier alpha value is -5.49. The van der Waals surface area contributed by atoms with Gasteiger partial charge in [-0.15, -0.1) is 6.61 Å². The second kappa shape index (κ2) is 38.1. The van der Waals surface area contributed by atoms with Gasteiger partial charge in [0, 0.05) is 64.4 Å². The molecule has 0 aliphatic heterocycles. The summed E-state index contributed by atoms with van der Waals surface area (Å²) in [6, 6.07) is 13.1. The molecule has 0 amide bonds. The van der Waals surface area contributed by atoms with Crippen LogP contribution in [0.1, 0.15) is 31.0 Å². The fourth-order valence-electron chi connectivity index (χ4n) is 7.31. The molecule has 0 spiro atoms. The summed E-state index contributed by atoms with van der Waals surface area (Å²) in [5.41, 5.74) is 2.60. The Morgan fingerprint density at radius 3 is 1.16 bits per heavy atom. The molecule has 2 aromatic rings. The first-order valence-electron chi connectivity index (χ1n) is 22.0. The van der Waals surface area contributed by atoms with Crippen molar-refractivity contribution < 1.29 is 139 Å². The molecule has 27 heteroatoms. The van der Waals surface area contributed by atoms with Gasteiger partial charge >= 0.3 is 81.7 Å². The van der Waals surface area contributed by atoms with E-state index in [0.29, 0.717) is 18.8 Å². The molecular weight excluding hydrogens is 1110 g/mol. The summed E-state index contributed by atoms with van der Waals surface area (Å²) in [6.45, 7) is -1.86. The SMILES string of the molecule is C.CCOc1ccc(C[C@@H](CN(CCN(CC(=O)O)CC(=O)O)CC(=O)O)N(CC(=O)O)CC(=O)O)cc1.Cc1ccc(C[C@@H](CN(CCN(CC(=O)[O-])CC(=O)O)CC(=O)[O-])N(CC[O-])CC(=O)O)cc1.[Gd+3]. The van der Waals surface area contributed by atoms with Crippen LogP contribution in [0.3, 0.4) is 0 Å². The molecule has 0 aliphatic rings. The molecule has 409 valence electrons. The Bertz CT molecular complexity index is 1980. The summed E-state index contributed by atoms with van der Waals surface area (Å²) < 4.78 is 5.41. The maximum Gasteiger partial charge on any atom is 3.00 e. The van der Waals surface area contributed by atoms with Crippen molar-refractivity contribution in [1.82, 2.24) is 29.4 Å². The fourth-order valence-corrected chi connectivity index (χ4v) is 7.31. The van der Waals surface area contributed by atoms with E-state index in [1.54, 1.807) is 24.3 Å². The van der Waals surface area contributed by atoms with Crippen molar-refractivity contribution in [2.45, 2.75) is 46.2 Å². The first-order valence-corrected chi connectivity index (χ1v) is 22.0. The monoisotopic (exact) mass is 1180 g/mol.